The Hall–Kier alpha value is -3.23. The number of rotatable bonds is 23. The van der Waals surface area contributed by atoms with E-state index < -0.39 is 78.9 Å². The van der Waals surface area contributed by atoms with E-state index in [4.69, 9.17) is 23.0 Å². The summed E-state index contributed by atoms with van der Waals surface area (Å²) >= 11 is 0. The van der Waals surface area contributed by atoms with Crippen LogP contribution in [-0.2, 0) is 33.6 Å². The molecule has 228 valence electrons. The molecule has 3 amide bonds. The van der Waals surface area contributed by atoms with Gasteiger partial charge in [-0.05, 0) is 31.7 Å². The summed E-state index contributed by atoms with van der Waals surface area (Å²) in [5.74, 6) is -0.388. The number of nitrogens with two attached hydrogens (primary N) is 4. The number of carbonyl (C=O) groups is 7. The fourth-order valence-corrected chi connectivity index (χ4v) is 3.01. The van der Waals surface area contributed by atoms with Crippen molar-refractivity contribution in [3.63, 3.8) is 0 Å². The average molecular weight is 574 g/mol. The zero-order valence-electron chi connectivity index (χ0n) is 22.8. The summed E-state index contributed by atoms with van der Waals surface area (Å²) < 4.78 is 0. The Bertz CT molecular complexity index is 883. The van der Waals surface area contributed by atoms with E-state index in [0.29, 0.717) is 19.4 Å². The Labute approximate surface area is 232 Å². The zero-order chi connectivity index (χ0) is 30.7. The summed E-state index contributed by atoms with van der Waals surface area (Å²) in [7, 11) is 0. The van der Waals surface area contributed by atoms with E-state index in [-0.39, 0.29) is 25.4 Å². The van der Waals surface area contributed by atoms with Crippen LogP contribution < -0.4 is 60.6 Å². The summed E-state index contributed by atoms with van der Waals surface area (Å²) in [6.45, 7) is 1.78. The Morgan fingerprint density at radius 3 is 1.82 bits per heavy atom. The van der Waals surface area contributed by atoms with Crippen molar-refractivity contribution in [1.29, 1.82) is 0 Å². The fourth-order valence-electron chi connectivity index (χ4n) is 3.01. The van der Waals surface area contributed by atoms with Gasteiger partial charge in [-0.25, -0.2) is 10.9 Å². The van der Waals surface area contributed by atoms with E-state index in [1.54, 1.807) is 0 Å². The molecule has 0 bridgehead atoms. The van der Waals surface area contributed by atoms with Gasteiger partial charge in [0.15, 0.2) is 0 Å². The molecule has 18 heteroatoms. The highest BCUT2D eigenvalue weighted by Gasteiger charge is 2.25. The normalized spacial score (nSPS) is 12.5. The van der Waals surface area contributed by atoms with Gasteiger partial charge in [-0.1, -0.05) is 13.8 Å². The maximum absolute atomic E-state index is 12.6. The first-order valence-electron chi connectivity index (χ1n) is 12.6. The first kappa shape index (κ1) is 36.8. The molecule has 40 heavy (non-hydrogen) atoms. The van der Waals surface area contributed by atoms with Gasteiger partial charge in [0, 0.05) is 0 Å². The molecule has 0 aromatic heterocycles. The molecule has 0 radical (unpaired) electrons. The SMILES string of the molecule is CC(C)C[C@H](NC(=O)[C@@H](N)CCCNC(N)N)C(=O)NCC(=O)C(=O)CNC(=O)CNNCC(=O)C(=O)CNN. The van der Waals surface area contributed by atoms with Crippen molar-refractivity contribution in [1.82, 2.24) is 37.5 Å². The third-order valence-corrected chi connectivity index (χ3v) is 5.13. The number of amides is 3. The summed E-state index contributed by atoms with van der Waals surface area (Å²) in [5.41, 5.74) is 23.4. The minimum absolute atomic E-state index is 0.0136. The Morgan fingerprint density at radius 1 is 0.700 bits per heavy atom. The van der Waals surface area contributed by atoms with Crippen molar-refractivity contribution in [2.45, 2.75) is 51.5 Å². The van der Waals surface area contributed by atoms with Gasteiger partial charge < -0.3 is 33.2 Å². The molecule has 15 N–H and O–H groups in total. The number of Topliss-reactive ketones (excluding diaryl/α,β-unsaturated/α-hetero) is 4. The molecule has 0 aromatic rings. The molecule has 0 aliphatic rings. The van der Waals surface area contributed by atoms with Gasteiger partial charge in [-0.3, -0.25) is 50.1 Å². The average Bonchev–Trinajstić information content (AvgIpc) is 2.89. The van der Waals surface area contributed by atoms with Gasteiger partial charge in [0.2, 0.25) is 40.9 Å². The highest BCUT2D eigenvalue weighted by Crippen LogP contribution is 2.06. The second-order valence-electron chi connectivity index (χ2n) is 9.19. The highest BCUT2D eigenvalue weighted by atomic mass is 16.2. The zero-order valence-corrected chi connectivity index (χ0v) is 22.8. The van der Waals surface area contributed by atoms with E-state index in [1.165, 1.54) is 0 Å². The van der Waals surface area contributed by atoms with Crippen molar-refractivity contribution in [2.24, 2.45) is 29.0 Å². The predicted octanol–water partition coefficient (Wildman–Crippen LogP) is -6.52. The molecule has 0 aromatic carbocycles. The number of hydrogen-bond acceptors (Lipinski definition) is 15. The number of ketones is 4. The quantitative estimate of drug-likeness (QED) is 0.0178. The second kappa shape index (κ2) is 20.6. The van der Waals surface area contributed by atoms with Crippen LogP contribution in [0.3, 0.4) is 0 Å². The van der Waals surface area contributed by atoms with Crippen LogP contribution in [0.2, 0.25) is 0 Å². The van der Waals surface area contributed by atoms with Gasteiger partial charge in [-0.15, -0.1) is 0 Å². The molecule has 0 saturated heterocycles. The lowest BCUT2D eigenvalue weighted by molar-refractivity contribution is -0.137. The van der Waals surface area contributed by atoms with Gasteiger partial charge in [0.25, 0.3) is 0 Å². The predicted molar refractivity (Wildman–Crippen MR) is 143 cm³/mol. The molecular weight excluding hydrogens is 530 g/mol. The lowest BCUT2D eigenvalue weighted by Gasteiger charge is -2.22. The summed E-state index contributed by atoms with van der Waals surface area (Å²) in [4.78, 5) is 83.7. The monoisotopic (exact) mass is 573 g/mol. The second-order valence-corrected chi connectivity index (χ2v) is 9.19. The molecule has 0 rings (SSSR count). The molecule has 0 spiro atoms. The maximum atomic E-state index is 12.6. The lowest BCUT2D eigenvalue weighted by Crippen LogP contribution is -2.53. The van der Waals surface area contributed by atoms with Gasteiger partial charge >= 0.3 is 0 Å². The van der Waals surface area contributed by atoms with Crippen LogP contribution in [0, 0.1) is 5.92 Å². The molecule has 2 atom stereocenters. The summed E-state index contributed by atoms with van der Waals surface area (Å²) in [5, 5.41) is 9.89. The summed E-state index contributed by atoms with van der Waals surface area (Å²) in [6.07, 6.45) is 0.414. The van der Waals surface area contributed by atoms with Crippen molar-refractivity contribution >= 4 is 40.9 Å². The van der Waals surface area contributed by atoms with Crippen molar-refractivity contribution in [3.05, 3.63) is 0 Å². The highest BCUT2D eigenvalue weighted by molar-refractivity contribution is 6.39. The standard InChI is InChI=1S/C22H43N11O7/c1-12(2)6-14(33-20(39)13(23)4-3-5-27-22(24)25)21(40)29-8-16(35)15(34)7-28-19(38)11-32-31-10-18(37)17(36)9-30-26/h12-14,22,27,30-32H,3-11,23-26H2,1-2H3,(H,28,38)(H,29,40)(H,33,39)/t13-,14-/m0/s1. The maximum Gasteiger partial charge on any atom is 0.242 e. The van der Waals surface area contributed by atoms with Crippen molar-refractivity contribution in [3.8, 4) is 0 Å². The van der Waals surface area contributed by atoms with Gasteiger partial charge in [0.1, 0.15) is 12.3 Å². The van der Waals surface area contributed by atoms with Crippen LogP contribution in [0.25, 0.3) is 0 Å². The molecule has 0 aliphatic carbocycles. The van der Waals surface area contributed by atoms with E-state index in [0.717, 1.165) is 0 Å². The topological polar surface area (TPSA) is 308 Å². The Balaban J connectivity index is 4.51. The van der Waals surface area contributed by atoms with Crippen LogP contribution in [0.15, 0.2) is 0 Å². The molecule has 18 nitrogen and oxygen atoms in total. The summed E-state index contributed by atoms with van der Waals surface area (Å²) in [6, 6.07) is -1.87. The number of nitrogens with one attached hydrogen (secondary N) is 7. The fraction of sp³-hybridized carbons (Fsp3) is 0.682. The van der Waals surface area contributed by atoms with Crippen LogP contribution in [0.1, 0.15) is 33.1 Å². The first-order valence-corrected chi connectivity index (χ1v) is 12.6. The molecule has 0 unspecified atom stereocenters. The van der Waals surface area contributed by atoms with Gasteiger partial charge in [-0.2, -0.15) is 0 Å². The smallest absolute Gasteiger partial charge is 0.242 e. The van der Waals surface area contributed by atoms with Crippen molar-refractivity contribution in [2.75, 3.05) is 39.3 Å². The molecule has 0 aliphatic heterocycles. The largest absolute Gasteiger partial charge is 0.347 e. The van der Waals surface area contributed by atoms with Crippen LogP contribution in [0.5, 0.6) is 0 Å². The third-order valence-electron chi connectivity index (χ3n) is 5.13. The third kappa shape index (κ3) is 17.4. The lowest BCUT2D eigenvalue weighted by atomic mass is 10.0. The molecule has 0 heterocycles. The Morgan fingerprint density at radius 2 is 1.25 bits per heavy atom. The first-order chi connectivity index (χ1) is 18.8. The number of hydrazine groups is 2. The van der Waals surface area contributed by atoms with Crippen LogP contribution in [-0.4, -0.2) is 98.5 Å². The minimum Gasteiger partial charge on any atom is -0.347 e. The van der Waals surface area contributed by atoms with E-state index in [1.807, 2.05) is 19.3 Å². The Kier molecular flexibility index (Phi) is 19.0. The molecule has 0 saturated carbocycles. The van der Waals surface area contributed by atoms with Gasteiger partial charge in [0.05, 0.1) is 38.8 Å². The van der Waals surface area contributed by atoms with E-state index in [9.17, 15) is 33.6 Å². The van der Waals surface area contributed by atoms with Crippen LogP contribution >= 0.6 is 0 Å². The minimum atomic E-state index is -0.982. The van der Waals surface area contributed by atoms with E-state index in [2.05, 4.69) is 32.1 Å². The van der Waals surface area contributed by atoms with Crippen LogP contribution in [0.4, 0.5) is 0 Å². The molecule has 0 fully saturated rings. The number of carbonyl (C=O) groups excluding carboxylic acids is 7. The molecular formula is C22H43N11O7. The van der Waals surface area contributed by atoms with E-state index >= 15 is 0 Å². The van der Waals surface area contributed by atoms with Crippen molar-refractivity contribution < 1.29 is 33.6 Å². The number of hydrogen-bond donors (Lipinski definition) is 11.